The topological polar surface area (TPSA) is 77.2 Å². The molecule has 0 fully saturated rings. The predicted molar refractivity (Wildman–Crippen MR) is 89.5 cm³/mol. The Labute approximate surface area is 152 Å². The van der Waals surface area contributed by atoms with Gasteiger partial charge in [0.05, 0.1) is 7.11 Å². The van der Waals surface area contributed by atoms with Crippen LogP contribution < -0.4 is 10.1 Å². The van der Waals surface area contributed by atoms with E-state index >= 15 is 0 Å². The van der Waals surface area contributed by atoms with Gasteiger partial charge >= 0.3 is 12.1 Å². The van der Waals surface area contributed by atoms with Gasteiger partial charge in [-0.25, -0.2) is 0 Å². The maximum absolute atomic E-state index is 12.5. The van der Waals surface area contributed by atoms with Crippen molar-refractivity contribution in [3.05, 3.63) is 71.4 Å². The molecule has 140 valence electrons. The monoisotopic (exact) mass is 377 g/mol. The van der Waals surface area contributed by atoms with Crippen LogP contribution in [0.25, 0.3) is 0 Å². The number of alkyl halides is 3. The normalized spacial score (nSPS) is 11.3. The average molecular weight is 377 g/mol. The van der Waals surface area contributed by atoms with Crippen molar-refractivity contribution in [3.8, 4) is 5.75 Å². The Hall–Kier alpha value is -3.36. The summed E-state index contributed by atoms with van der Waals surface area (Å²) in [4.78, 5) is 15.6. The van der Waals surface area contributed by atoms with E-state index in [0.717, 1.165) is 0 Å². The van der Waals surface area contributed by atoms with Crippen LogP contribution in [0.4, 0.5) is 18.9 Å². The smallest absolute Gasteiger partial charge is 0.471 e. The predicted octanol–water partition coefficient (Wildman–Crippen LogP) is 3.94. The average Bonchev–Trinajstić information content (AvgIpc) is 3.12. The first-order valence-corrected chi connectivity index (χ1v) is 7.79. The number of aromatic nitrogens is 2. The molecular formula is C18H14F3N3O3. The Bertz CT molecular complexity index is 920. The SMILES string of the molecule is COc1ccc(NC(=O)c2ccc(Cc3noc(C(F)(F)F)n3)cc2)cc1. The van der Waals surface area contributed by atoms with Gasteiger partial charge in [0, 0.05) is 17.7 Å². The van der Waals surface area contributed by atoms with E-state index in [-0.39, 0.29) is 18.2 Å². The van der Waals surface area contributed by atoms with Gasteiger partial charge in [0.1, 0.15) is 5.75 Å². The fraction of sp³-hybridized carbons (Fsp3) is 0.167. The molecule has 2 aromatic carbocycles. The van der Waals surface area contributed by atoms with Crippen molar-refractivity contribution in [2.45, 2.75) is 12.6 Å². The minimum absolute atomic E-state index is 0.0555. The molecule has 6 nitrogen and oxygen atoms in total. The minimum atomic E-state index is -4.67. The second kappa shape index (κ2) is 7.48. The third kappa shape index (κ3) is 4.63. The number of carbonyl (C=O) groups excluding carboxylic acids is 1. The molecule has 27 heavy (non-hydrogen) atoms. The Balaban J connectivity index is 1.63. The molecule has 3 rings (SSSR count). The highest BCUT2D eigenvalue weighted by Crippen LogP contribution is 2.27. The van der Waals surface area contributed by atoms with Gasteiger partial charge < -0.3 is 14.6 Å². The molecular weight excluding hydrogens is 363 g/mol. The number of rotatable bonds is 5. The van der Waals surface area contributed by atoms with E-state index in [0.29, 0.717) is 22.6 Å². The summed E-state index contributed by atoms with van der Waals surface area (Å²) in [5.41, 5.74) is 1.65. The lowest BCUT2D eigenvalue weighted by atomic mass is 10.1. The molecule has 3 aromatic rings. The Morgan fingerprint density at radius 1 is 1.11 bits per heavy atom. The molecule has 0 radical (unpaired) electrons. The van der Waals surface area contributed by atoms with E-state index in [1.54, 1.807) is 55.6 Å². The summed E-state index contributed by atoms with van der Waals surface area (Å²) in [5, 5.41) is 6.05. The van der Waals surface area contributed by atoms with E-state index in [1.807, 2.05) is 0 Å². The van der Waals surface area contributed by atoms with Gasteiger partial charge in [0.15, 0.2) is 5.82 Å². The van der Waals surface area contributed by atoms with Crippen molar-refractivity contribution >= 4 is 11.6 Å². The van der Waals surface area contributed by atoms with Gasteiger partial charge in [-0.1, -0.05) is 17.3 Å². The van der Waals surface area contributed by atoms with Crippen molar-refractivity contribution < 1.29 is 27.2 Å². The van der Waals surface area contributed by atoms with Crippen LogP contribution >= 0.6 is 0 Å². The fourth-order valence-corrected chi connectivity index (χ4v) is 2.28. The van der Waals surface area contributed by atoms with E-state index in [9.17, 15) is 18.0 Å². The molecule has 0 aliphatic heterocycles. The maximum atomic E-state index is 12.5. The zero-order valence-corrected chi connectivity index (χ0v) is 14.1. The van der Waals surface area contributed by atoms with Gasteiger partial charge in [0.25, 0.3) is 5.91 Å². The number of hydrogen-bond acceptors (Lipinski definition) is 5. The molecule has 1 aromatic heterocycles. The standard InChI is InChI=1S/C18H14F3N3O3/c1-26-14-8-6-13(7-9-14)22-16(25)12-4-2-11(3-5-12)10-15-23-17(27-24-15)18(19,20)21/h2-9H,10H2,1H3,(H,22,25). The highest BCUT2D eigenvalue weighted by atomic mass is 19.4. The first kappa shape index (κ1) is 18.4. The van der Waals surface area contributed by atoms with E-state index < -0.39 is 12.1 Å². The molecule has 1 N–H and O–H groups in total. The molecule has 1 heterocycles. The number of halogens is 3. The maximum Gasteiger partial charge on any atom is 0.471 e. The quantitative estimate of drug-likeness (QED) is 0.729. The number of anilines is 1. The van der Waals surface area contributed by atoms with Crippen LogP contribution in [0.5, 0.6) is 5.75 Å². The Morgan fingerprint density at radius 2 is 1.78 bits per heavy atom. The third-order valence-electron chi connectivity index (χ3n) is 3.64. The number of hydrogen-bond donors (Lipinski definition) is 1. The lowest BCUT2D eigenvalue weighted by molar-refractivity contribution is -0.159. The van der Waals surface area contributed by atoms with Crippen molar-refractivity contribution in [2.75, 3.05) is 12.4 Å². The van der Waals surface area contributed by atoms with Gasteiger partial charge in [-0.2, -0.15) is 18.2 Å². The largest absolute Gasteiger partial charge is 0.497 e. The van der Waals surface area contributed by atoms with Crippen LogP contribution in [0.1, 0.15) is 27.6 Å². The molecule has 0 saturated carbocycles. The van der Waals surface area contributed by atoms with Gasteiger partial charge in [-0.3, -0.25) is 4.79 Å². The number of nitrogens with one attached hydrogen (secondary N) is 1. The molecule has 9 heteroatoms. The van der Waals surface area contributed by atoms with Gasteiger partial charge in [0.2, 0.25) is 0 Å². The van der Waals surface area contributed by atoms with Crippen molar-refractivity contribution in [1.82, 2.24) is 10.1 Å². The van der Waals surface area contributed by atoms with Gasteiger partial charge in [-0.15, -0.1) is 0 Å². The first-order valence-electron chi connectivity index (χ1n) is 7.79. The van der Waals surface area contributed by atoms with Crippen LogP contribution in [-0.2, 0) is 12.6 Å². The highest BCUT2D eigenvalue weighted by Gasteiger charge is 2.38. The number of amides is 1. The summed E-state index contributed by atoms with van der Waals surface area (Å²) < 4.78 is 46.6. The molecule has 0 atom stereocenters. The molecule has 0 unspecified atom stereocenters. The van der Waals surface area contributed by atoms with Crippen LogP contribution in [-0.4, -0.2) is 23.2 Å². The lowest BCUT2D eigenvalue weighted by Crippen LogP contribution is -2.11. The summed E-state index contributed by atoms with van der Waals surface area (Å²) in [7, 11) is 1.55. The van der Waals surface area contributed by atoms with Crippen LogP contribution in [0.3, 0.4) is 0 Å². The van der Waals surface area contributed by atoms with E-state index in [2.05, 4.69) is 20.0 Å². The van der Waals surface area contributed by atoms with Gasteiger partial charge in [-0.05, 0) is 42.0 Å². The number of ether oxygens (including phenoxy) is 1. The van der Waals surface area contributed by atoms with E-state index in [1.165, 1.54) is 0 Å². The van der Waals surface area contributed by atoms with Crippen LogP contribution in [0.15, 0.2) is 53.1 Å². The van der Waals surface area contributed by atoms with Crippen LogP contribution in [0.2, 0.25) is 0 Å². The second-order valence-corrected chi connectivity index (χ2v) is 5.57. The van der Waals surface area contributed by atoms with Crippen molar-refractivity contribution in [1.29, 1.82) is 0 Å². The Morgan fingerprint density at radius 3 is 2.33 bits per heavy atom. The van der Waals surface area contributed by atoms with Crippen LogP contribution in [0, 0.1) is 0 Å². The zero-order chi connectivity index (χ0) is 19.4. The Kier molecular flexibility index (Phi) is 5.11. The molecule has 0 bridgehead atoms. The van der Waals surface area contributed by atoms with Crippen molar-refractivity contribution in [2.24, 2.45) is 0 Å². The lowest BCUT2D eigenvalue weighted by Gasteiger charge is -2.07. The summed E-state index contributed by atoms with van der Waals surface area (Å²) in [6, 6.07) is 13.2. The van der Waals surface area contributed by atoms with Crippen molar-refractivity contribution in [3.63, 3.8) is 0 Å². The number of carbonyl (C=O) groups is 1. The fourth-order valence-electron chi connectivity index (χ4n) is 2.28. The second-order valence-electron chi connectivity index (χ2n) is 5.57. The third-order valence-corrected chi connectivity index (χ3v) is 3.64. The number of nitrogens with zero attached hydrogens (tertiary/aromatic N) is 2. The highest BCUT2D eigenvalue weighted by molar-refractivity contribution is 6.04. The molecule has 1 amide bonds. The molecule has 0 aliphatic rings. The number of benzene rings is 2. The first-order chi connectivity index (χ1) is 12.8. The minimum Gasteiger partial charge on any atom is -0.497 e. The molecule has 0 aliphatic carbocycles. The molecule has 0 spiro atoms. The zero-order valence-electron chi connectivity index (χ0n) is 14.1. The van der Waals surface area contributed by atoms with E-state index in [4.69, 9.17) is 4.74 Å². The summed E-state index contributed by atoms with van der Waals surface area (Å²) in [6.45, 7) is 0. The number of methoxy groups -OCH3 is 1. The summed E-state index contributed by atoms with van der Waals surface area (Å²) in [5.74, 6) is -1.11. The summed E-state index contributed by atoms with van der Waals surface area (Å²) >= 11 is 0. The molecule has 0 saturated heterocycles. The summed E-state index contributed by atoms with van der Waals surface area (Å²) in [6.07, 6.45) is -4.62.